The van der Waals surface area contributed by atoms with Crippen molar-refractivity contribution in [3.05, 3.63) is 53.1 Å². The van der Waals surface area contributed by atoms with E-state index in [2.05, 4.69) is 10.3 Å². The quantitative estimate of drug-likeness (QED) is 0.912. The molecule has 6 heteroatoms. The highest BCUT2D eigenvalue weighted by Crippen LogP contribution is 2.23. The van der Waals surface area contributed by atoms with Crippen molar-refractivity contribution in [1.82, 2.24) is 20.2 Å². The lowest BCUT2D eigenvalue weighted by Gasteiger charge is -2.28. The largest absolute Gasteiger partial charge is 0.497 e. The molecule has 0 aliphatic carbocycles. The van der Waals surface area contributed by atoms with Crippen molar-refractivity contribution in [2.24, 2.45) is 0 Å². The van der Waals surface area contributed by atoms with Gasteiger partial charge in [0.2, 0.25) is 5.91 Å². The van der Waals surface area contributed by atoms with Crippen LogP contribution in [0, 0.1) is 0 Å². The van der Waals surface area contributed by atoms with E-state index in [0.29, 0.717) is 19.5 Å². The van der Waals surface area contributed by atoms with Crippen LogP contribution in [0.25, 0.3) is 0 Å². The molecular weight excluding hydrogens is 328 g/mol. The lowest BCUT2D eigenvalue weighted by atomic mass is 10.0. The summed E-state index contributed by atoms with van der Waals surface area (Å²) in [5.74, 6) is 1.81. The van der Waals surface area contributed by atoms with Crippen LogP contribution in [-0.4, -0.2) is 41.0 Å². The molecule has 0 radical (unpaired) electrons. The lowest BCUT2D eigenvalue weighted by Crippen LogP contribution is -2.37. The van der Waals surface area contributed by atoms with Gasteiger partial charge in [0.05, 0.1) is 25.3 Å². The Morgan fingerprint density at radius 1 is 1.42 bits per heavy atom. The van der Waals surface area contributed by atoms with Crippen molar-refractivity contribution in [2.45, 2.75) is 38.3 Å². The lowest BCUT2D eigenvalue weighted by molar-refractivity contribution is -0.131. The smallest absolute Gasteiger partial charge is 0.227 e. The normalized spacial score (nSPS) is 19.3. The highest BCUT2D eigenvalue weighted by atomic mass is 16.5. The number of ether oxygens (including phenoxy) is 1. The van der Waals surface area contributed by atoms with E-state index < -0.39 is 0 Å². The van der Waals surface area contributed by atoms with Crippen molar-refractivity contribution in [1.29, 1.82) is 0 Å². The number of hydrogen-bond donors (Lipinski definition) is 1. The molecule has 0 saturated carbocycles. The van der Waals surface area contributed by atoms with E-state index in [1.54, 1.807) is 7.11 Å². The SMILES string of the molecule is COc1cccc(CC(=O)N2CCc3nc([C@H]4CCCN4)ncc3C2)c1. The number of carbonyl (C=O) groups is 1. The summed E-state index contributed by atoms with van der Waals surface area (Å²) in [6.45, 7) is 2.35. The first-order valence-electron chi connectivity index (χ1n) is 9.21. The van der Waals surface area contributed by atoms with Crippen molar-refractivity contribution < 1.29 is 9.53 Å². The zero-order chi connectivity index (χ0) is 17.9. The summed E-state index contributed by atoms with van der Waals surface area (Å²) in [6.07, 6.45) is 5.36. The predicted molar refractivity (Wildman–Crippen MR) is 97.8 cm³/mol. The number of aromatic nitrogens is 2. The molecule has 2 aliphatic rings. The van der Waals surface area contributed by atoms with Gasteiger partial charge >= 0.3 is 0 Å². The third-order valence-electron chi connectivity index (χ3n) is 5.17. The maximum Gasteiger partial charge on any atom is 0.227 e. The summed E-state index contributed by atoms with van der Waals surface area (Å²) >= 11 is 0. The molecular formula is C20H24N4O2. The average Bonchev–Trinajstić information content (AvgIpc) is 3.22. The molecule has 26 heavy (non-hydrogen) atoms. The average molecular weight is 352 g/mol. The van der Waals surface area contributed by atoms with Crippen LogP contribution in [0.1, 0.15) is 41.5 Å². The first kappa shape index (κ1) is 17.0. The van der Waals surface area contributed by atoms with Crippen molar-refractivity contribution in [3.63, 3.8) is 0 Å². The van der Waals surface area contributed by atoms with E-state index in [1.807, 2.05) is 35.4 Å². The molecule has 1 N–H and O–H groups in total. The minimum absolute atomic E-state index is 0.130. The molecule has 0 bridgehead atoms. The zero-order valence-electron chi connectivity index (χ0n) is 15.1. The molecule has 1 aromatic carbocycles. The number of amides is 1. The van der Waals surface area contributed by atoms with Crippen LogP contribution in [0.5, 0.6) is 5.75 Å². The van der Waals surface area contributed by atoms with Crippen LogP contribution in [-0.2, 0) is 24.2 Å². The van der Waals surface area contributed by atoms with Crippen LogP contribution in [0.3, 0.4) is 0 Å². The molecule has 136 valence electrons. The highest BCUT2D eigenvalue weighted by Gasteiger charge is 2.25. The number of fused-ring (bicyclic) bond motifs is 1. The second-order valence-electron chi connectivity index (χ2n) is 6.94. The molecule has 1 amide bonds. The summed E-state index contributed by atoms with van der Waals surface area (Å²) in [6, 6.07) is 7.97. The Kier molecular flexibility index (Phi) is 4.84. The van der Waals surface area contributed by atoms with Crippen molar-refractivity contribution >= 4 is 5.91 Å². The van der Waals surface area contributed by atoms with Crippen LogP contribution >= 0.6 is 0 Å². The molecule has 1 atom stereocenters. The molecule has 2 aromatic rings. The van der Waals surface area contributed by atoms with Gasteiger partial charge < -0.3 is 15.0 Å². The molecule has 1 aromatic heterocycles. The van der Waals surface area contributed by atoms with Gasteiger partial charge in [0, 0.05) is 31.3 Å². The minimum Gasteiger partial charge on any atom is -0.497 e. The van der Waals surface area contributed by atoms with E-state index in [0.717, 1.165) is 47.8 Å². The van der Waals surface area contributed by atoms with Gasteiger partial charge in [0.15, 0.2) is 0 Å². The van der Waals surface area contributed by atoms with Gasteiger partial charge in [-0.25, -0.2) is 9.97 Å². The van der Waals surface area contributed by atoms with Gasteiger partial charge in [-0.15, -0.1) is 0 Å². The van der Waals surface area contributed by atoms with Crippen molar-refractivity contribution in [3.8, 4) is 5.75 Å². The van der Waals surface area contributed by atoms with E-state index in [4.69, 9.17) is 9.72 Å². The fourth-order valence-corrected chi connectivity index (χ4v) is 3.69. The van der Waals surface area contributed by atoms with E-state index in [9.17, 15) is 4.79 Å². The fraction of sp³-hybridized carbons (Fsp3) is 0.450. The molecule has 6 nitrogen and oxygen atoms in total. The zero-order valence-corrected chi connectivity index (χ0v) is 15.1. The Morgan fingerprint density at radius 2 is 2.35 bits per heavy atom. The summed E-state index contributed by atoms with van der Waals surface area (Å²) in [4.78, 5) is 23.9. The maximum atomic E-state index is 12.7. The van der Waals surface area contributed by atoms with E-state index >= 15 is 0 Å². The van der Waals surface area contributed by atoms with Crippen molar-refractivity contribution in [2.75, 3.05) is 20.2 Å². The standard InChI is InChI=1S/C20H24N4O2/c1-26-16-5-2-4-14(10-16)11-19(25)24-9-7-17-15(13-24)12-22-20(23-17)18-6-3-8-21-18/h2,4-5,10,12,18,21H,3,6-9,11,13H2,1H3/t18-/m1/s1. The number of hydrogen-bond acceptors (Lipinski definition) is 5. The molecule has 2 aliphatic heterocycles. The van der Waals surface area contributed by atoms with Gasteiger partial charge in [0.1, 0.15) is 11.6 Å². The maximum absolute atomic E-state index is 12.7. The van der Waals surface area contributed by atoms with Gasteiger partial charge in [-0.2, -0.15) is 0 Å². The van der Waals surface area contributed by atoms with Crippen LogP contribution in [0.4, 0.5) is 0 Å². The van der Waals surface area contributed by atoms with E-state index in [-0.39, 0.29) is 11.9 Å². The number of nitrogens with one attached hydrogen (secondary N) is 1. The molecule has 1 saturated heterocycles. The Balaban J connectivity index is 1.43. The number of methoxy groups -OCH3 is 1. The minimum atomic E-state index is 0.130. The molecule has 0 unspecified atom stereocenters. The third-order valence-corrected chi connectivity index (χ3v) is 5.17. The van der Waals surface area contributed by atoms with Gasteiger partial charge in [-0.3, -0.25) is 4.79 Å². The predicted octanol–water partition coefficient (Wildman–Crippen LogP) is 2.04. The van der Waals surface area contributed by atoms with Crippen LogP contribution in [0.2, 0.25) is 0 Å². The van der Waals surface area contributed by atoms with Crippen LogP contribution < -0.4 is 10.1 Å². The second-order valence-corrected chi connectivity index (χ2v) is 6.94. The number of benzene rings is 1. The summed E-state index contributed by atoms with van der Waals surface area (Å²) < 4.78 is 5.24. The van der Waals surface area contributed by atoms with Gasteiger partial charge in [0.25, 0.3) is 0 Å². The topological polar surface area (TPSA) is 67.3 Å². The first-order chi connectivity index (χ1) is 12.7. The number of carbonyl (C=O) groups excluding carboxylic acids is 1. The van der Waals surface area contributed by atoms with E-state index in [1.165, 1.54) is 6.42 Å². The Morgan fingerprint density at radius 3 is 3.15 bits per heavy atom. The second kappa shape index (κ2) is 7.41. The molecule has 0 spiro atoms. The number of nitrogens with zero attached hydrogens (tertiary/aromatic N) is 3. The fourth-order valence-electron chi connectivity index (χ4n) is 3.69. The Hall–Kier alpha value is -2.47. The van der Waals surface area contributed by atoms with Gasteiger partial charge in [-0.05, 0) is 37.1 Å². The monoisotopic (exact) mass is 352 g/mol. The Labute approximate surface area is 153 Å². The Bertz CT molecular complexity index is 802. The van der Waals surface area contributed by atoms with Crippen LogP contribution in [0.15, 0.2) is 30.5 Å². The third kappa shape index (κ3) is 3.55. The highest BCUT2D eigenvalue weighted by molar-refractivity contribution is 5.79. The summed E-state index contributed by atoms with van der Waals surface area (Å²) in [5, 5.41) is 3.44. The summed E-state index contributed by atoms with van der Waals surface area (Å²) in [7, 11) is 1.64. The number of rotatable bonds is 4. The van der Waals surface area contributed by atoms with Gasteiger partial charge in [-0.1, -0.05) is 12.1 Å². The first-order valence-corrected chi connectivity index (χ1v) is 9.21. The molecule has 3 heterocycles. The molecule has 1 fully saturated rings. The molecule has 4 rings (SSSR count). The summed E-state index contributed by atoms with van der Waals surface area (Å²) in [5.41, 5.74) is 3.13.